The van der Waals surface area contributed by atoms with Gasteiger partial charge < -0.3 is 14.4 Å². The van der Waals surface area contributed by atoms with Gasteiger partial charge in [-0.3, -0.25) is 4.40 Å². The second-order valence-corrected chi connectivity index (χ2v) is 14.8. The van der Waals surface area contributed by atoms with Gasteiger partial charge in [0.15, 0.2) is 0 Å². The standard InChI is InChI=1S/C44H36BN5O/c1-43(2)37-21-12-20-35-34-24-23-33(27-36(34)41-47-28-39(44(43,3)4)48(41)40(35)37)51-32-19-11-18-31(26-32)50-42-38(22-13-25-46-42)49(30-16-9-6-10-17-30)45(50)29-14-7-5-8-15-29/h5-28H,1-4H3. The number of fused-ring (bicyclic) bond motifs is 4. The van der Waals surface area contributed by atoms with E-state index in [2.05, 4.69) is 169 Å². The van der Waals surface area contributed by atoms with E-state index in [1.807, 2.05) is 18.3 Å². The van der Waals surface area contributed by atoms with Crippen molar-refractivity contribution < 1.29 is 4.74 Å². The Morgan fingerprint density at radius 1 is 0.588 bits per heavy atom. The molecule has 5 aromatic carbocycles. The molecule has 0 spiro atoms. The molecule has 2 aliphatic heterocycles. The van der Waals surface area contributed by atoms with Gasteiger partial charge in [0.05, 0.1) is 11.2 Å². The summed E-state index contributed by atoms with van der Waals surface area (Å²) in [7, 11) is 0. The number of rotatable bonds is 5. The molecule has 6 nitrogen and oxygen atoms in total. The molecule has 51 heavy (non-hydrogen) atoms. The molecule has 5 heterocycles. The Morgan fingerprint density at radius 3 is 2.16 bits per heavy atom. The lowest BCUT2D eigenvalue weighted by Gasteiger charge is -2.45. The van der Waals surface area contributed by atoms with Crippen LogP contribution in [0.1, 0.15) is 39.0 Å². The molecule has 0 fully saturated rings. The van der Waals surface area contributed by atoms with Crippen molar-refractivity contribution in [3.63, 3.8) is 0 Å². The summed E-state index contributed by atoms with van der Waals surface area (Å²) < 4.78 is 9.10. The zero-order valence-corrected chi connectivity index (χ0v) is 29.1. The molecule has 0 radical (unpaired) electrons. The van der Waals surface area contributed by atoms with Crippen molar-refractivity contribution in [1.82, 2.24) is 14.4 Å². The summed E-state index contributed by atoms with van der Waals surface area (Å²) >= 11 is 0. The van der Waals surface area contributed by atoms with Gasteiger partial charge in [-0.1, -0.05) is 100 Å². The van der Waals surface area contributed by atoms with Gasteiger partial charge in [0.25, 0.3) is 0 Å². The summed E-state index contributed by atoms with van der Waals surface area (Å²) in [5.74, 6) is 2.42. The number of hydrogen-bond donors (Lipinski definition) is 0. The van der Waals surface area contributed by atoms with Gasteiger partial charge in [-0.25, -0.2) is 9.97 Å². The predicted molar refractivity (Wildman–Crippen MR) is 210 cm³/mol. The minimum Gasteiger partial charge on any atom is -0.457 e. The second kappa shape index (κ2) is 10.7. The van der Waals surface area contributed by atoms with E-state index in [1.165, 1.54) is 33.0 Å². The van der Waals surface area contributed by atoms with E-state index in [4.69, 9.17) is 14.7 Å². The number of benzene rings is 5. The normalized spacial score (nSPS) is 15.6. The lowest BCUT2D eigenvalue weighted by atomic mass is 9.61. The summed E-state index contributed by atoms with van der Waals surface area (Å²) in [5, 5.41) is 3.50. The van der Waals surface area contributed by atoms with Gasteiger partial charge in [0, 0.05) is 57.1 Å². The lowest BCUT2D eigenvalue weighted by Crippen LogP contribution is -2.53. The van der Waals surface area contributed by atoms with Gasteiger partial charge >= 0.3 is 6.98 Å². The van der Waals surface area contributed by atoms with E-state index in [0.29, 0.717) is 0 Å². The number of nitrogens with zero attached hydrogens (tertiary/aromatic N) is 5. The minimum atomic E-state index is -0.150. The van der Waals surface area contributed by atoms with Crippen molar-refractivity contribution in [3.05, 3.63) is 157 Å². The highest BCUT2D eigenvalue weighted by molar-refractivity contribution is 6.84. The van der Waals surface area contributed by atoms with E-state index < -0.39 is 0 Å². The molecule has 8 aromatic rings. The summed E-state index contributed by atoms with van der Waals surface area (Å²) in [6.07, 6.45) is 3.94. The first-order valence-electron chi connectivity index (χ1n) is 17.6. The number of pyridine rings is 2. The molecule has 0 saturated carbocycles. The van der Waals surface area contributed by atoms with Crippen LogP contribution in [0.25, 0.3) is 27.3 Å². The molecule has 7 heteroatoms. The second-order valence-electron chi connectivity index (χ2n) is 14.8. The Bertz CT molecular complexity index is 2650. The maximum atomic E-state index is 6.71. The van der Waals surface area contributed by atoms with E-state index in [9.17, 15) is 0 Å². The monoisotopic (exact) mass is 661 g/mol. The number of aromatic nitrogens is 3. The molecule has 246 valence electrons. The van der Waals surface area contributed by atoms with Crippen molar-refractivity contribution in [1.29, 1.82) is 0 Å². The maximum Gasteiger partial charge on any atom is 0.421 e. The topological polar surface area (TPSA) is 45.9 Å². The fourth-order valence-electron chi connectivity index (χ4n) is 8.39. The summed E-state index contributed by atoms with van der Waals surface area (Å²) in [6, 6.07) is 46.8. The molecule has 0 amide bonds. The number of hydrogen-bond acceptors (Lipinski definition) is 5. The van der Waals surface area contributed by atoms with Crippen LogP contribution in [-0.4, -0.2) is 21.4 Å². The molecule has 2 aliphatic rings. The maximum absolute atomic E-state index is 6.71. The number of ether oxygens (including phenoxy) is 1. The summed E-state index contributed by atoms with van der Waals surface area (Å²) in [5.41, 5.74) is 8.98. The lowest BCUT2D eigenvalue weighted by molar-refractivity contribution is 0.288. The summed E-state index contributed by atoms with van der Waals surface area (Å²) in [6.45, 7) is 9.24. The SMILES string of the molecule is CC1(C)c2cccc3c4ccc(Oc5cccc(N6B(c7ccccc7)N(c7ccccc7)c7cccnc76)c5)cc4c4ncc(n4c23)C1(C)C. The van der Waals surface area contributed by atoms with Gasteiger partial charge in [-0.05, 0) is 71.0 Å². The van der Waals surface area contributed by atoms with Crippen LogP contribution in [0.2, 0.25) is 0 Å². The number of anilines is 4. The first kappa shape index (κ1) is 29.8. The fraction of sp³-hybridized carbons (Fsp3) is 0.136. The quantitative estimate of drug-likeness (QED) is 0.136. The molecule has 0 bridgehead atoms. The smallest absolute Gasteiger partial charge is 0.421 e. The van der Waals surface area contributed by atoms with E-state index in [1.54, 1.807) is 0 Å². The highest BCUT2D eigenvalue weighted by atomic mass is 16.5. The molecule has 0 saturated heterocycles. The van der Waals surface area contributed by atoms with Crippen molar-refractivity contribution in [3.8, 4) is 11.5 Å². The van der Waals surface area contributed by atoms with Crippen LogP contribution in [0, 0.1) is 0 Å². The zero-order chi connectivity index (χ0) is 34.5. The molecule has 0 unspecified atom stereocenters. The largest absolute Gasteiger partial charge is 0.457 e. The van der Waals surface area contributed by atoms with Crippen LogP contribution in [0.5, 0.6) is 11.5 Å². The van der Waals surface area contributed by atoms with Crippen LogP contribution < -0.4 is 19.8 Å². The number of imidazole rings is 1. The van der Waals surface area contributed by atoms with Crippen molar-refractivity contribution in [2.24, 2.45) is 0 Å². The fourth-order valence-corrected chi connectivity index (χ4v) is 8.39. The van der Waals surface area contributed by atoms with E-state index >= 15 is 0 Å². The predicted octanol–water partition coefficient (Wildman–Crippen LogP) is 10.1. The first-order valence-corrected chi connectivity index (χ1v) is 17.6. The third-order valence-corrected chi connectivity index (χ3v) is 11.6. The molecule has 3 aromatic heterocycles. The van der Waals surface area contributed by atoms with Crippen molar-refractivity contribution in [2.45, 2.75) is 38.5 Å². The first-order chi connectivity index (χ1) is 24.8. The van der Waals surface area contributed by atoms with Gasteiger partial charge in [0.2, 0.25) is 0 Å². The Labute approximate surface area is 297 Å². The molecular weight excluding hydrogens is 625 g/mol. The highest BCUT2D eigenvalue weighted by Crippen LogP contribution is 2.51. The molecule has 0 N–H and O–H groups in total. The van der Waals surface area contributed by atoms with E-state index in [0.717, 1.165) is 45.4 Å². The van der Waals surface area contributed by atoms with Crippen molar-refractivity contribution in [2.75, 3.05) is 9.62 Å². The minimum absolute atomic E-state index is 0.0553. The third kappa shape index (κ3) is 4.18. The summed E-state index contributed by atoms with van der Waals surface area (Å²) in [4.78, 5) is 14.7. The molecule has 10 rings (SSSR count). The third-order valence-electron chi connectivity index (χ3n) is 11.6. The van der Waals surface area contributed by atoms with Crippen LogP contribution in [0.4, 0.5) is 22.9 Å². The van der Waals surface area contributed by atoms with Gasteiger partial charge in [-0.15, -0.1) is 0 Å². The molecule has 0 atom stereocenters. The average molecular weight is 662 g/mol. The Morgan fingerprint density at radius 2 is 1.33 bits per heavy atom. The average Bonchev–Trinajstić information content (AvgIpc) is 3.77. The molecule has 0 aliphatic carbocycles. The van der Waals surface area contributed by atoms with Gasteiger partial charge in [0.1, 0.15) is 23.0 Å². The van der Waals surface area contributed by atoms with Crippen LogP contribution >= 0.6 is 0 Å². The van der Waals surface area contributed by atoms with E-state index in [-0.39, 0.29) is 17.8 Å². The number of para-hydroxylation sites is 2. The Kier molecular flexibility index (Phi) is 6.26. The zero-order valence-electron chi connectivity index (χ0n) is 29.1. The van der Waals surface area contributed by atoms with Crippen LogP contribution in [0.15, 0.2) is 146 Å². The van der Waals surface area contributed by atoms with Crippen LogP contribution in [-0.2, 0) is 10.8 Å². The Hall–Kier alpha value is -6.08. The highest BCUT2D eigenvalue weighted by Gasteiger charge is 2.47. The Balaban J connectivity index is 1.09. The van der Waals surface area contributed by atoms with Crippen molar-refractivity contribution >= 4 is 62.6 Å². The van der Waals surface area contributed by atoms with Crippen LogP contribution in [0.3, 0.4) is 0 Å². The van der Waals surface area contributed by atoms with Gasteiger partial charge in [-0.2, -0.15) is 0 Å². The molecular formula is C44H36BN5O.